The SMILES string of the molecule is C1=C(CCNc2cc(N3CCOCC3)ncn2)CCCC1. The van der Waals surface area contributed by atoms with E-state index in [1.807, 2.05) is 6.07 Å². The van der Waals surface area contributed by atoms with Crippen LogP contribution in [0.15, 0.2) is 24.0 Å². The van der Waals surface area contributed by atoms with E-state index in [0.717, 1.165) is 50.9 Å². The van der Waals surface area contributed by atoms with E-state index in [4.69, 9.17) is 4.74 Å². The molecular formula is C16H24N4O. The second-order valence-corrected chi connectivity index (χ2v) is 5.65. The fraction of sp³-hybridized carbons (Fsp3) is 0.625. The van der Waals surface area contributed by atoms with Crippen LogP contribution in [-0.2, 0) is 4.74 Å². The quantitative estimate of drug-likeness (QED) is 0.844. The third-order valence-corrected chi connectivity index (χ3v) is 4.12. The molecule has 0 atom stereocenters. The first-order chi connectivity index (χ1) is 10.4. The minimum atomic E-state index is 0.779. The van der Waals surface area contributed by atoms with Crippen molar-refractivity contribution in [2.45, 2.75) is 32.1 Å². The molecule has 5 heteroatoms. The molecule has 2 heterocycles. The lowest BCUT2D eigenvalue weighted by atomic mass is 9.97. The van der Waals surface area contributed by atoms with Gasteiger partial charge in [-0.3, -0.25) is 0 Å². The highest BCUT2D eigenvalue weighted by atomic mass is 16.5. The van der Waals surface area contributed by atoms with Crippen LogP contribution >= 0.6 is 0 Å². The second kappa shape index (κ2) is 7.41. The van der Waals surface area contributed by atoms with Gasteiger partial charge >= 0.3 is 0 Å². The topological polar surface area (TPSA) is 50.3 Å². The van der Waals surface area contributed by atoms with Crippen molar-refractivity contribution in [2.24, 2.45) is 0 Å². The van der Waals surface area contributed by atoms with E-state index in [2.05, 4.69) is 26.3 Å². The zero-order valence-electron chi connectivity index (χ0n) is 12.6. The van der Waals surface area contributed by atoms with Gasteiger partial charge in [0.1, 0.15) is 18.0 Å². The predicted octanol–water partition coefficient (Wildman–Crippen LogP) is 2.62. The number of hydrogen-bond acceptors (Lipinski definition) is 5. The molecule has 1 N–H and O–H groups in total. The molecule has 5 nitrogen and oxygen atoms in total. The number of nitrogens with one attached hydrogen (secondary N) is 1. The van der Waals surface area contributed by atoms with Crippen molar-refractivity contribution in [3.63, 3.8) is 0 Å². The number of rotatable bonds is 5. The van der Waals surface area contributed by atoms with Gasteiger partial charge in [0.25, 0.3) is 0 Å². The van der Waals surface area contributed by atoms with E-state index in [1.165, 1.54) is 25.7 Å². The maximum absolute atomic E-state index is 5.38. The molecule has 1 aromatic heterocycles. The summed E-state index contributed by atoms with van der Waals surface area (Å²) in [6, 6.07) is 2.04. The normalized spacial score (nSPS) is 19.2. The highest BCUT2D eigenvalue weighted by Crippen LogP contribution is 2.20. The highest BCUT2D eigenvalue weighted by molar-refractivity contribution is 5.48. The Morgan fingerprint density at radius 1 is 1.19 bits per heavy atom. The van der Waals surface area contributed by atoms with E-state index in [-0.39, 0.29) is 0 Å². The highest BCUT2D eigenvalue weighted by Gasteiger charge is 2.13. The zero-order valence-corrected chi connectivity index (χ0v) is 12.6. The average Bonchev–Trinajstić information content (AvgIpc) is 2.57. The van der Waals surface area contributed by atoms with Crippen molar-refractivity contribution < 1.29 is 4.74 Å². The van der Waals surface area contributed by atoms with E-state index < -0.39 is 0 Å². The molecule has 1 aromatic rings. The molecule has 0 amide bonds. The smallest absolute Gasteiger partial charge is 0.134 e. The van der Waals surface area contributed by atoms with Crippen LogP contribution in [0.1, 0.15) is 32.1 Å². The summed E-state index contributed by atoms with van der Waals surface area (Å²) in [5, 5.41) is 3.42. The molecule has 0 bridgehead atoms. The molecule has 114 valence electrons. The van der Waals surface area contributed by atoms with Crippen LogP contribution in [0.4, 0.5) is 11.6 Å². The summed E-state index contributed by atoms with van der Waals surface area (Å²) in [4.78, 5) is 10.9. The number of hydrogen-bond donors (Lipinski definition) is 1. The first kappa shape index (κ1) is 14.3. The number of nitrogens with zero attached hydrogens (tertiary/aromatic N) is 3. The summed E-state index contributed by atoms with van der Waals surface area (Å²) in [7, 11) is 0. The first-order valence-electron chi connectivity index (χ1n) is 7.98. The molecule has 3 rings (SSSR count). The maximum atomic E-state index is 5.38. The van der Waals surface area contributed by atoms with Crippen molar-refractivity contribution >= 4 is 11.6 Å². The standard InChI is InChI=1S/C16H24N4O/c1-2-4-14(5-3-1)6-7-17-15-12-16(19-13-18-15)20-8-10-21-11-9-20/h4,12-13H,1-3,5-11H2,(H,17,18,19). The molecule has 1 aliphatic carbocycles. The molecular weight excluding hydrogens is 264 g/mol. The van der Waals surface area contributed by atoms with Crippen LogP contribution in [0.25, 0.3) is 0 Å². The lowest BCUT2D eigenvalue weighted by Crippen LogP contribution is -2.36. The fourth-order valence-electron chi connectivity index (χ4n) is 2.89. The number of ether oxygens (including phenoxy) is 1. The summed E-state index contributed by atoms with van der Waals surface area (Å²) in [6.45, 7) is 4.32. The molecule has 2 aliphatic rings. The molecule has 1 saturated heterocycles. The van der Waals surface area contributed by atoms with Crippen molar-refractivity contribution in [1.82, 2.24) is 9.97 Å². The monoisotopic (exact) mass is 288 g/mol. The molecule has 0 unspecified atom stereocenters. The Balaban J connectivity index is 1.52. The summed E-state index contributed by atoms with van der Waals surface area (Å²) in [6.07, 6.45) is 10.4. The second-order valence-electron chi connectivity index (χ2n) is 5.65. The fourth-order valence-corrected chi connectivity index (χ4v) is 2.89. The Hall–Kier alpha value is -1.62. The Morgan fingerprint density at radius 3 is 2.90 bits per heavy atom. The van der Waals surface area contributed by atoms with Gasteiger partial charge in [-0.15, -0.1) is 0 Å². The Morgan fingerprint density at radius 2 is 2.10 bits per heavy atom. The van der Waals surface area contributed by atoms with E-state index in [0.29, 0.717) is 0 Å². The number of morpholine rings is 1. The van der Waals surface area contributed by atoms with Gasteiger partial charge in [0.05, 0.1) is 13.2 Å². The van der Waals surface area contributed by atoms with Crippen molar-refractivity contribution in [2.75, 3.05) is 43.1 Å². The van der Waals surface area contributed by atoms with E-state index in [1.54, 1.807) is 11.9 Å². The van der Waals surface area contributed by atoms with Gasteiger partial charge in [-0.25, -0.2) is 9.97 Å². The number of anilines is 2. The minimum Gasteiger partial charge on any atom is -0.378 e. The molecule has 0 saturated carbocycles. The van der Waals surface area contributed by atoms with Gasteiger partial charge in [0, 0.05) is 25.7 Å². The van der Waals surface area contributed by atoms with Gasteiger partial charge in [0.2, 0.25) is 0 Å². The number of aromatic nitrogens is 2. The molecule has 0 radical (unpaired) electrons. The molecule has 0 spiro atoms. The van der Waals surface area contributed by atoms with Gasteiger partial charge in [-0.2, -0.15) is 0 Å². The lowest BCUT2D eigenvalue weighted by molar-refractivity contribution is 0.122. The molecule has 0 aromatic carbocycles. The zero-order chi connectivity index (χ0) is 14.3. The maximum Gasteiger partial charge on any atom is 0.134 e. The van der Waals surface area contributed by atoms with Crippen LogP contribution in [-0.4, -0.2) is 42.8 Å². The van der Waals surface area contributed by atoms with Gasteiger partial charge in [-0.1, -0.05) is 11.6 Å². The Kier molecular flexibility index (Phi) is 5.05. The summed E-state index contributed by atoms with van der Waals surface area (Å²) in [5.41, 5.74) is 1.59. The minimum absolute atomic E-state index is 0.779. The van der Waals surface area contributed by atoms with Crippen LogP contribution in [0, 0.1) is 0 Å². The van der Waals surface area contributed by atoms with Crippen LogP contribution < -0.4 is 10.2 Å². The Bertz CT molecular complexity index is 483. The predicted molar refractivity (Wildman–Crippen MR) is 84.7 cm³/mol. The third-order valence-electron chi connectivity index (χ3n) is 4.12. The summed E-state index contributed by atoms with van der Waals surface area (Å²) in [5.74, 6) is 1.91. The van der Waals surface area contributed by atoms with Gasteiger partial charge in [0.15, 0.2) is 0 Å². The van der Waals surface area contributed by atoms with Crippen molar-refractivity contribution in [3.05, 3.63) is 24.0 Å². The number of allylic oxidation sites excluding steroid dienone is 1. The van der Waals surface area contributed by atoms with Gasteiger partial charge < -0.3 is 15.0 Å². The largest absolute Gasteiger partial charge is 0.378 e. The van der Waals surface area contributed by atoms with Crippen molar-refractivity contribution in [3.8, 4) is 0 Å². The first-order valence-corrected chi connectivity index (χ1v) is 7.98. The van der Waals surface area contributed by atoms with Crippen LogP contribution in [0.2, 0.25) is 0 Å². The summed E-state index contributed by atoms with van der Waals surface area (Å²) < 4.78 is 5.38. The van der Waals surface area contributed by atoms with Gasteiger partial charge in [-0.05, 0) is 32.1 Å². The molecule has 1 fully saturated rings. The Labute approximate surface area is 126 Å². The lowest BCUT2D eigenvalue weighted by Gasteiger charge is -2.27. The average molecular weight is 288 g/mol. The van der Waals surface area contributed by atoms with Crippen LogP contribution in [0.3, 0.4) is 0 Å². The van der Waals surface area contributed by atoms with E-state index in [9.17, 15) is 0 Å². The van der Waals surface area contributed by atoms with Crippen LogP contribution in [0.5, 0.6) is 0 Å². The third kappa shape index (κ3) is 4.17. The van der Waals surface area contributed by atoms with Crippen molar-refractivity contribution in [1.29, 1.82) is 0 Å². The molecule has 1 aliphatic heterocycles. The van der Waals surface area contributed by atoms with E-state index >= 15 is 0 Å². The summed E-state index contributed by atoms with van der Waals surface area (Å²) >= 11 is 0. The molecule has 21 heavy (non-hydrogen) atoms.